The lowest BCUT2D eigenvalue weighted by Gasteiger charge is -2.29. The van der Waals surface area contributed by atoms with Crippen LogP contribution in [0.3, 0.4) is 0 Å². The summed E-state index contributed by atoms with van der Waals surface area (Å²) >= 11 is 0. The summed E-state index contributed by atoms with van der Waals surface area (Å²) in [5.74, 6) is -1.52. The Morgan fingerprint density at radius 2 is 1.64 bits per heavy atom. The minimum absolute atomic E-state index is 0.136. The second kappa shape index (κ2) is 7.58. The number of nitrogens with one attached hydrogen (secondary N) is 1. The maximum Gasteiger partial charge on any atom is 0.387 e. The molecule has 1 unspecified atom stereocenters. The number of aromatic nitrogens is 4. The van der Waals surface area contributed by atoms with Crippen LogP contribution in [0, 0.1) is 5.92 Å². The quantitative estimate of drug-likeness (QED) is 0.590. The van der Waals surface area contributed by atoms with Gasteiger partial charge in [-0.25, -0.2) is 4.98 Å². The van der Waals surface area contributed by atoms with Crippen LogP contribution in [0.5, 0.6) is 11.5 Å². The summed E-state index contributed by atoms with van der Waals surface area (Å²) in [6.07, 6.45) is 1.34. The number of aromatic amines is 1. The molecule has 1 atom stereocenters. The zero-order valence-electron chi connectivity index (χ0n) is 14.7. The van der Waals surface area contributed by atoms with E-state index in [2.05, 4.69) is 29.9 Å². The van der Waals surface area contributed by atoms with Crippen molar-refractivity contribution < 1.29 is 32.1 Å². The third-order valence-electron chi connectivity index (χ3n) is 4.22. The lowest BCUT2D eigenvalue weighted by molar-refractivity contribution is -0.0690. The predicted molar refractivity (Wildman–Crippen MR) is 89.2 cm³/mol. The molecular formula is C17H16F4N4O3. The molecule has 0 aliphatic carbocycles. The van der Waals surface area contributed by atoms with Gasteiger partial charge in [0.15, 0.2) is 17.1 Å². The smallest absolute Gasteiger partial charge is 0.387 e. The van der Waals surface area contributed by atoms with Crippen LogP contribution in [0.1, 0.15) is 25.2 Å². The van der Waals surface area contributed by atoms with Gasteiger partial charge in [0, 0.05) is 11.5 Å². The first-order valence-corrected chi connectivity index (χ1v) is 8.15. The molecule has 0 amide bonds. The maximum atomic E-state index is 12.7. The fourth-order valence-electron chi connectivity index (χ4n) is 2.83. The van der Waals surface area contributed by atoms with Crippen LogP contribution in [0.4, 0.5) is 17.6 Å². The van der Waals surface area contributed by atoms with E-state index in [1.54, 1.807) is 13.8 Å². The molecule has 150 valence electrons. The number of hydrogen-bond donors (Lipinski definition) is 2. The van der Waals surface area contributed by atoms with E-state index in [-0.39, 0.29) is 22.8 Å². The Morgan fingerprint density at radius 3 is 2.18 bits per heavy atom. The van der Waals surface area contributed by atoms with Gasteiger partial charge in [0.25, 0.3) is 0 Å². The van der Waals surface area contributed by atoms with Crippen LogP contribution in [0.25, 0.3) is 10.9 Å². The molecule has 2 heterocycles. The lowest BCUT2D eigenvalue weighted by Crippen LogP contribution is -2.35. The predicted octanol–water partition coefficient (Wildman–Crippen LogP) is 3.45. The fourth-order valence-corrected chi connectivity index (χ4v) is 2.83. The molecule has 0 bridgehead atoms. The number of benzene rings is 1. The summed E-state index contributed by atoms with van der Waals surface area (Å²) in [6, 6.07) is 5.14. The molecule has 2 aromatic heterocycles. The van der Waals surface area contributed by atoms with Crippen molar-refractivity contribution >= 4 is 10.9 Å². The molecule has 2 N–H and O–H groups in total. The number of nitrogens with zero attached hydrogens (tertiary/aromatic N) is 3. The second-order valence-electron chi connectivity index (χ2n) is 6.22. The van der Waals surface area contributed by atoms with E-state index in [1.807, 2.05) is 0 Å². The molecule has 0 spiro atoms. The molecule has 0 fully saturated rings. The summed E-state index contributed by atoms with van der Waals surface area (Å²) < 4.78 is 59.0. The Labute approximate surface area is 156 Å². The zero-order valence-corrected chi connectivity index (χ0v) is 14.7. The summed E-state index contributed by atoms with van der Waals surface area (Å²) in [5.41, 5.74) is -1.09. The van der Waals surface area contributed by atoms with Crippen molar-refractivity contribution in [3.05, 3.63) is 41.9 Å². The van der Waals surface area contributed by atoms with Crippen molar-refractivity contribution in [3.63, 3.8) is 0 Å². The van der Waals surface area contributed by atoms with Crippen LogP contribution in [0.15, 0.2) is 30.5 Å². The summed E-state index contributed by atoms with van der Waals surface area (Å²) in [5, 5.41) is 21.6. The molecule has 0 aliphatic rings. The minimum atomic E-state index is -3.25. The lowest BCUT2D eigenvalue weighted by atomic mass is 9.84. The average Bonchev–Trinajstić information content (AvgIpc) is 3.15. The first-order chi connectivity index (χ1) is 13.2. The summed E-state index contributed by atoms with van der Waals surface area (Å²) in [7, 11) is 0. The number of alkyl halides is 4. The van der Waals surface area contributed by atoms with Crippen molar-refractivity contribution in [2.75, 3.05) is 0 Å². The van der Waals surface area contributed by atoms with E-state index in [0.717, 1.165) is 12.1 Å². The Morgan fingerprint density at radius 1 is 1.00 bits per heavy atom. The second-order valence-corrected chi connectivity index (χ2v) is 6.22. The Balaban J connectivity index is 2.14. The molecule has 0 saturated carbocycles. The van der Waals surface area contributed by atoms with Crippen molar-refractivity contribution in [3.8, 4) is 11.5 Å². The number of rotatable bonds is 7. The Hall–Kier alpha value is -2.95. The van der Waals surface area contributed by atoms with E-state index in [4.69, 9.17) is 0 Å². The first kappa shape index (κ1) is 19.8. The number of aliphatic hydroxyl groups is 1. The summed E-state index contributed by atoms with van der Waals surface area (Å²) in [4.78, 5) is 4.31. The average molecular weight is 400 g/mol. The van der Waals surface area contributed by atoms with Crippen LogP contribution in [0.2, 0.25) is 0 Å². The van der Waals surface area contributed by atoms with Gasteiger partial charge < -0.3 is 14.6 Å². The Bertz CT molecular complexity index is 953. The number of hydrogen-bond acceptors (Lipinski definition) is 6. The van der Waals surface area contributed by atoms with Crippen molar-refractivity contribution in [2.45, 2.75) is 32.7 Å². The molecule has 1 aromatic carbocycles. The molecule has 0 saturated heterocycles. The topological polar surface area (TPSA) is 93.2 Å². The van der Waals surface area contributed by atoms with Gasteiger partial charge in [-0.05, 0) is 18.1 Å². The van der Waals surface area contributed by atoms with Gasteiger partial charge in [0.2, 0.25) is 0 Å². The van der Waals surface area contributed by atoms with Gasteiger partial charge in [0.05, 0.1) is 17.4 Å². The van der Waals surface area contributed by atoms with Crippen LogP contribution >= 0.6 is 0 Å². The zero-order chi connectivity index (χ0) is 20.5. The summed E-state index contributed by atoms with van der Waals surface area (Å²) in [6.45, 7) is -2.98. The van der Waals surface area contributed by atoms with Gasteiger partial charge in [-0.3, -0.25) is 0 Å². The van der Waals surface area contributed by atoms with Crippen LogP contribution in [-0.2, 0) is 5.60 Å². The molecule has 0 aliphatic heterocycles. The van der Waals surface area contributed by atoms with Gasteiger partial charge in [0.1, 0.15) is 5.69 Å². The molecule has 11 heteroatoms. The highest BCUT2D eigenvalue weighted by Gasteiger charge is 2.39. The van der Waals surface area contributed by atoms with Crippen molar-refractivity contribution in [1.29, 1.82) is 0 Å². The van der Waals surface area contributed by atoms with E-state index in [0.29, 0.717) is 5.39 Å². The maximum absolute atomic E-state index is 12.7. The number of pyridine rings is 1. The number of halogens is 4. The minimum Gasteiger partial charge on any atom is -0.431 e. The van der Waals surface area contributed by atoms with Crippen molar-refractivity contribution in [2.24, 2.45) is 5.92 Å². The van der Waals surface area contributed by atoms with Gasteiger partial charge in [-0.15, -0.1) is 0 Å². The molecule has 0 radical (unpaired) electrons. The molecule has 7 nitrogen and oxygen atoms in total. The van der Waals surface area contributed by atoms with Crippen molar-refractivity contribution in [1.82, 2.24) is 20.4 Å². The van der Waals surface area contributed by atoms with E-state index >= 15 is 0 Å². The van der Waals surface area contributed by atoms with Crippen LogP contribution < -0.4 is 9.47 Å². The molecule has 28 heavy (non-hydrogen) atoms. The van der Waals surface area contributed by atoms with Gasteiger partial charge in [-0.2, -0.15) is 33.0 Å². The fraction of sp³-hybridized carbons (Fsp3) is 0.353. The van der Waals surface area contributed by atoms with Crippen LogP contribution in [-0.4, -0.2) is 38.7 Å². The van der Waals surface area contributed by atoms with Gasteiger partial charge in [-0.1, -0.05) is 19.9 Å². The highest BCUT2D eigenvalue weighted by atomic mass is 19.3. The largest absolute Gasteiger partial charge is 0.431 e. The highest BCUT2D eigenvalue weighted by Crippen LogP contribution is 2.38. The van der Waals surface area contributed by atoms with Gasteiger partial charge >= 0.3 is 13.2 Å². The monoisotopic (exact) mass is 400 g/mol. The molecule has 3 rings (SSSR count). The number of H-pyrrole nitrogens is 1. The SMILES string of the molecule is CC(C)C(O)(c1cn[nH]n1)c1ccc2cc(OC(F)F)c(OC(F)F)cc2n1. The molecule has 3 aromatic rings. The van der Waals surface area contributed by atoms with E-state index in [9.17, 15) is 22.7 Å². The standard InChI is InChI=1S/C17H16F4N4O3/c1-8(2)17(26,14-7-22-25-24-14)13-4-3-9-5-11(27-15(18)19)12(28-16(20)21)6-10(9)23-13/h3-8,15-16,26H,1-2H3,(H,22,24,25). The van der Waals surface area contributed by atoms with E-state index in [1.165, 1.54) is 18.3 Å². The third-order valence-corrected chi connectivity index (χ3v) is 4.22. The highest BCUT2D eigenvalue weighted by molar-refractivity contribution is 5.83. The molecular weight excluding hydrogens is 384 g/mol. The van der Waals surface area contributed by atoms with E-state index < -0.39 is 30.3 Å². The normalized spacial score (nSPS) is 14.1. The third kappa shape index (κ3) is 3.70. The first-order valence-electron chi connectivity index (χ1n) is 8.15. The number of ether oxygens (including phenoxy) is 2. The Kier molecular flexibility index (Phi) is 5.36. The number of fused-ring (bicyclic) bond motifs is 1.